The van der Waals surface area contributed by atoms with Gasteiger partial charge in [-0.1, -0.05) is 79.7 Å². The highest BCUT2D eigenvalue weighted by atomic mass is 16.2. The lowest BCUT2D eigenvalue weighted by Crippen LogP contribution is -2.54. The minimum atomic E-state index is -0.674. The van der Waals surface area contributed by atoms with E-state index in [1.807, 2.05) is 54.5 Å². The summed E-state index contributed by atoms with van der Waals surface area (Å²) in [6.07, 6.45) is 5.76. The van der Waals surface area contributed by atoms with Gasteiger partial charge in [-0.05, 0) is 67.1 Å². The van der Waals surface area contributed by atoms with E-state index in [9.17, 15) is 9.59 Å². The number of aromatic amines is 1. The fourth-order valence-electron chi connectivity index (χ4n) is 7.42. The average molecular weight is 549 g/mol. The molecule has 2 amide bonds. The summed E-state index contributed by atoms with van der Waals surface area (Å²) >= 11 is 0. The zero-order chi connectivity index (χ0) is 28.4. The smallest absolute Gasteiger partial charge is 0.245 e. The number of carbonyl (C=O) groups is 2. The number of amides is 2. The van der Waals surface area contributed by atoms with E-state index in [0.29, 0.717) is 12.8 Å². The van der Waals surface area contributed by atoms with E-state index in [1.165, 1.54) is 11.1 Å². The number of H-pyrrole nitrogens is 1. The minimum absolute atomic E-state index is 0.0116. The molecule has 3 aromatic carbocycles. The Morgan fingerprint density at radius 1 is 0.976 bits per heavy atom. The van der Waals surface area contributed by atoms with Crippen molar-refractivity contribution < 1.29 is 9.59 Å². The summed E-state index contributed by atoms with van der Waals surface area (Å²) in [5, 5.41) is 7.88. The lowest BCUT2D eigenvalue weighted by molar-refractivity contribution is -0.139. The van der Waals surface area contributed by atoms with Gasteiger partial charge < -0.3 is 20.5 Å². The second-order valence-electron chi connectivity index (χ2n) is 11.7. The predicted molar refractivity (Wildman–Crippen MR) is 164 cm³/mol. The fourth-order valence-corrected chi connectivity index (χ4v) is 7.42. The van der Waals surface area contributed by atoms with Crippen molar-refractivity contribution in [1.29, 1.82) is 0 Å². The van der Waals surface area contributed by atoms with Crippen molar-refractivity contribution in [3.05, 3.63) is 107 Å². The molecule has 41 heavy (non-hydrogen) atoms. The molecule has 4 aromatic rings. The van der Waals surface area contributed by atoms with Gasteiger partial charge in [-0.2, -0.15) is 0 Å². The zero-order valence-electron chi connectivity index (χ0n) is 24.0. The molecule has 0 radical (unpaired) electrons. The van der Waals surface area contributed by atoms with Gasteiger partial charge in [0.15, 0.2) is 0 Å². The summed E-state index contributed by atoms with van der Waals surface area (Å²) in [6, 6.07) is 26.1. The number of hydrogen-bond donors (Lipinski definition) is 3. The fraction of sp³-hybridized carbons (Fsp3) is 0.371. The van der Waals surface area contributed by atoms with Crippen LogP contribution in [0.15, 0.2) is 85.1 Å². The summed E-state index contributed by atoms with van der Waals surface area (Å²) in [5.41, 5.74) is 5.55. The average Bonchev–Trinajstić information content (AvgIpc) is 3.57. The summed E-state index contributed by atoms with van der Waals surface area (Å²) in [7, 11) is 1.87. The lowest BCUT2D eigenvalue weighted by atomic mass is 9.68. The van der Waals surface area contributed by atoms with Crippen molar-refractivity contribution in [2.24, 2.45) is 5.92 Å². The van der Waals surface area contributed by atoms with Crippen LogP contribution in [-0.4, -0.2) is 47.9 Å². The second-order valence-corrected chi connectivity index (χ2v) is 11.7. The van der Waals surface area contributed by atoms with Gasteiger partial charge in [-0.25, -0.2) is 0 Å². The van der Waals surface area contributed by atoms with Gasteiger partial charge in [0.1, 0.15) is 6.04 Å². The Morgan fingerprint density at radius 3 is 2.46 bits per heavy atom. The van der Waals surface area contributed by atoms with Crippen LogP contribution in [0.25, 0.3) is 10.9 Å². The van der Waals surface area contributed by atoms with E-state index in [-0.39, 0.29) is 29.2 Å². The molecule has 3 atom stereocenters. The molecule has 0 saturated carbocycles. The van der Waals surface area contributed by atoms with Crippen molar-refractivity contribution in [3.8, 4) is 0 Å². The first-order valence-corrected chi connectivity index (χ1v) is 15.0. The third-order valence-corrected chi connectivity index (χ3v) is 9.56. The van der Waals surface area contributed by atoms with E-state index in [2.05, 4.69) is 65.0 Å². The lowest BCUT2D eigenvalue weighted by Gasteiger charge is -2.40. The number of piperidine rings is 1. The van der Waals surface area contributed by atoms with Gasteiger partial charge in [0.25, 0.3) is 0 Å². The monoisotopic (exact) mass is 548 g/mol. The molecule has 3 N–H and O–H groups in total. The Hall–Kier alpha value is -3.90. The largest absolute Gasteiger partial charge is 0.361 e. The van der Waals surface area contributed by atoms with E-state index < -0.39 is 6.04 Å². The molecule has 2 aliphatic rings. The number of hydrogen-bond acceptors (Lipinski definition) is 3. The molecule has 1 spiro atoms. The molecule has 1 unspecified atom stereocenters. The number of nitrogens with one attached hydrogen (secondary N) is 3. The Kier molecular flexibility index (Phi) is 7.67. The molecule has 212 valence electrons. The van der Waals surface area contributed by atoms with Crippen LogP contribution in [-0.2, 0) is 27.8 Å². The number of para-hydroxylation sites is 1. The zero-order valence-corrected chi connectivity index (χ0v) is 24.0. The topological polar surface area (TPSA) is 77.2 Å². The molecule has 1 aromatic heterocycles. The first kappa shape index (κ1) is 27.3. The number of rotatable bonds is 8. The van der Waals surface area contributed by atoms with Crippen LogP contribution in [0.4, 0.5) is 0 Å². The molecule has 1 fully saturated rings. The van der Waals surface area contributed by atoms with Crippen LogP contribution in [0.2, 0.25) is 0 Å². The molecular formula is C35H40N4O2. The molecule has 6 rings (SSSR count). The summed E-state index contributed by atoms with van der Waals surface area (Å²) in [5.74, 6) is -0.265. The van der Waals surface area contributed by atoms with Crippen molar-refractivity contribution in [3.63, 3.8) is 0 Å². The van der Waals surface area contributed by atoms with Crippen LogP contribution in [0, 0.1) is 5.92 Å². The van der Waals surface area contributed by atoms with E-state index in [4.69, 9.17) is 0 Å². The van der Waals surface area contributed by atoms with Crippen molar-refractivity contribution >= 4 is 22.7 Å². The standard InChI is InChI=1S/C35H40N4O2/c1-3-32(24-11-5-4-6-12-24)39(2)34(41)31(22-26-23-37-30-16-10-8-14-27(26)30)38-33(40)29-21-25-13-7-9-15-28(25)35(29)17-19-36-20-18-35/h4-16,23,29,31-32,36-37H,3,17-22H2,1-2H3,(H,38,40)/t29?,31-,32+/m0/s1. The molecule has 1 saturated heterocycles. The van der Waals surface area contributed by atoms with Gasteiger partial charge in [-0.15, -0.1) is 0 Å². The number of nitrogens with zero attached hydrogens (tertiary/aromatic N) is 1. The van der Waals surface area contributed by atoms with E-state index >= 15 is 0 Å². The molecule has 1 aliphatic heterocycles. The second kappa shape index (κ2) is 11.5. The van der Waals surface area contributed by atoms with Crippen LogP contribution in [0.3, 0.4) is 0 Å². The first-order chi connectivity index (χ1) is 20.0. The molecular weight excluding hydrogens is 508 g/mol. The summed E-state index contributed by atoms with van der Waals surface area (Å²) < 4.78 is 0. The predicted octanol–water partition coefficient (Wildman–Crippen LogP) is 5.30. The number of carbonyl (C=O) groups excluding carboxylic acids is 2. The quantitative estimate of drug-likeness (QED) is 0.280. The van der Waals surface area contributed by atoms with Crippen LogP contribution >= 0.6 is 0 Å². The minimum Gasteiger partial charge on any atom is -0.361 e. The van der Waals surface area contributed by atoms with Crippen molar-refractivity contribution in [2.75, 3.05) is 20.1 Å². The first-order valence-electron chi connectivity index (χ1n) is 15.0. The highest BCUT2D eigenvalue weighted by Crippen LogP contribution is 2.49. The molecule has 2 heterocycles. The van der Waals surface area contributed by atoms with Gasteiger partial charge >= 0.3 is 0 Å². The molecule has 1 aliphatic carbocycles. The van der Waals surface area contributed by atoms with Gasteiger partial charge in [0, 0.05) is 36.0 Å². The summed E-state index contributed by atoms with van der Waals surface area (Å²) in [4.78, 5) is 33.8. The Labute approximate surface area is 242 Å². The number of fused-ring (bicyclic) bond motifs is 3. The van der Waals surface area contributed by atoms with Gasteiger partial charge in [-0.3, -0.25) is 9.59 Å². The number of aromatic nitrogens is 1. The maximum atomic E-state index is 14.3. The third kappa shape index (κ3) is 5.06. The van der Waals surface area contributed by atoms with Crippen molar-refractivity contribution in [1.82, 2.24) is 20.5 Å². The molecule has 6 nitrogen and oxygen atoms in total. The number of likely N-dealkylation sites (N-methyl/N-ethyl adjacent to an activating group) is 1. The van der Waals surface area contributed by atoms with Crippen LogP contribution in [0.1, 0.15) is 54.5 Å². The third-order valence-electron chi connectivity index (χ3n) is 9.56. The normalized spacial score (nSPS) is 19.0. The maximum absolute atomic E-state index is 14.3. The van der Waals surface area contributed by atoms with Crippen molar-refractivity contribution in [2.45, 2.75) is 56.5 Å². The van der Waals surface area contributed by atoms with Gasteiger partial charge in [0.05, 0.1) is 12.0 Å². The Balaban J connectivity index is 1.32. The Morgan fingerprint density at radius 2 is 1.68 bits per heavy atom. The maximum Gasteiger partial charge on any atom is 0.245 e. The Bertz CT molecular complexity index is 1520. The van der Waals surface area contributed by atoms with E-state index in [1.54, 1.807) is 0 Å². The van der Waals surface area contributed by atoms with E-state index in [0.717, 1.165) is 54.4 Å². The number of benzene rings is 3. The molecule has 6 heteroatoms. The van der Waals surface area contributed by atoms with Crippen LogP contribution < -0.4 is 10.6 Å². The highest BCUT2D eigenvalue weighted by molar-refractivity contribution is 5.91. The summed E-state index contributed by atoms with van der Waals surface area (Å²) in [6.45, 7) is 3.90. The molecule has 0 bridgehead atoms. The highest BCUT2D eigenvalue weighted by Gasteiger charge is 2.50. The van der Waals surface area contributed by atoms with Crippen LogP contribution in [0.5, 0.6) is 0 Å². The SMILES string of the molecule is CC[C@H](c1ccccc1)N(C)C(=O)[C@H](Cc1c[nH]c2ccccc12)NC(=O)C1Cc2ccccc2C12CCNCC2. The van der Waals surface area contributed by atoms with Gasteiger partial charge in [0.2, 0.25) is 11.8 Å².